The molecule has 5 nitrogen and oxygen atoms in total. The minimum atomic E-state index is -0.959. The maximum absolute atomic E-state index is 15.1. The molecule has 5 rings (SSSR count). The molecular weight excluding hydrogens is 429 g/mol. The number of carbonyl (C=O) groups is 1. The molecule has 0 atom stereocenters. The maximum Gasteiger partial charge on any atom is 0.335 e. The van der Waals surface area contributed by atoms with E-state index < -0.39 is 11.8 Å². The summed E-state index contributed by atoms with van der Waals surface area (Å²) >= 11 is 6.21. The van der Waals surface area contributed by atoms with Crippen LogP contribution in [0.4, 0.5) is 4.39 Å². The second-order valence-corrected chi connectivity index (χ2v) is 8.80. The molecular formula is C25H21ClFN3O2. The molecule has 1 fully saturated rings. The van der Waals surface area contributed by atoms with Gasteiger partial charge in [0.25, 0.3) is 0 Å². The number of aryl methyl sites for hydroxylation is 1. The summed E-state index contributed by atoms with van der Waals surface area (Å²) in [4.78, 5) is 16.0. The molecule has 32 heavy (non-hydrogen) atoms. The van der Waals surface area contributed by atoms with E-state index in [-0.39, 0.29) is 11.5 Å². The molecule has 162 valence electrons. The van der Waals surface area contributed by atoms with Gasteiger partial charge in [-0.05, 0) is 72.7 Å². The molecule has 0 spiro atoms. The number of carboxylic acid groups (broad SMARTS) is 1. The van der Waals surface area contributed by atoms with Gasteiger partial charge in [0.2, 0.25) is 0 Å². The van der Waals surface area contributed by atoms with Gasteiger partial charge in [0.15, 0.2) is 5.82 Å². The van der Waals surface area contributed by atoms with E-state index in [0.29, 0.717) is 27.2 Å². The van der Waals surface area contributed by atoms with Gasteiger partial charge in [-0.3, -0.25) is 0 Å². The number of aromatic carboxylic acids is 1. The first-order valence-corrected chi connectivity index (χ1v) is 11.0. The van der Waals surface area contributed by atoms with Crippen LogP contribution in [0, 0.1) is 12.7 Å². The highest BCUT2D eigenvalue weighted by Gasteiger charge is 2.24. The first-order chi connectivity index (χ1) is 15.4. The van der Waals surface area contributed by atoms with E-state index in [1.807, 2.05) is 25.1 Å². The zero-order chi connectivity index (χ0) is 22.4. The third kappa shape index (κ3) is 3.65. The summed E-state index contributed by atoms with van der Waals surface area (Å²) in [5.41, 5.74) is 4.68. The van der Waals surface area contributed by atoms with Gasteiger partial charge in [-0.1, -0.05) is 30.5 Å². The lowest BCUT2D eigenvalue weighted by molar-refractivity contribution is 0.0695. The molecule has 1 aliphatic rings. The van der Waals surface area contributed by atoms with Gasteiger partial charge in [-0.25, -0.2) is 18.9 Å². The lowest BCUT2D eigenvalue weighted by Gasteiger charge is -2.15. The molecule has 0 unspecified atom stereocenters. The van der Waals surface area contributed by atoms with Crippen LogP contribution in [0.15, 0.2) is 48.8 Å². The summed E-state index contributed by atoms with van der Waals surface area (Å²) in [6.45, 7) is 1.94. The lowest BCUT2D eigenvalue weighted by atomic mass is 9.89. The molecule has 0 bridgehead atoms. The Hall–Kier alpha value is -3.25. The van der Waals surface area contributed by atoms with E-state index in [2.05, 4.69) is 10.1 Å². The molecule has 4 aromatic rings. The summed E-state index contributed by atoms with van der Waals surface area (Å²) in [5.74, 6) is -1.28. The van der Waals surface area contributed by atoms with Crippen molar-refractivity contribution in [3.05, 3.63) is 76.3 Å². The predicted molar refractivity (Wildman–Crippen MR) is 122 cm³/mol. The van der Waals surface area contributed by atoms with E-state index >= 15 is 4.39 Å². The Morgan fingerprint density at radius 1 is 1.19 bits per heavy atom. The van der Waals surface area contributed by atoms with E-state index in [1.54, 1.807) is 29.1 Å². The Labute approximate surface area is 189 Å². The molecule has 2 heterocycles. The smallest absolute Gasteiger partial charge is 0.335 e. The molecule has 0 aliphatic heterocycles. The first-order valence-electron chi connectivity index (χ1n) is 10.6. The van der Waals surface area contributed by atoms with Crippen LogP contribution in [0.25, 0.3) is 27.8 Å². The fourth-order valence-electron chi connectivity index (χ4n) is 4.68. The molecule has 2 aromatic carbocycles. The van der Waals surface area contributed by atoms with Crippen LogP contribution >= 0.6 is 11.6 Å². The van der Waals surface area contributed by atoms with Crippen molar-refractivity contribution < 1.29 is 14.3 Å². The number of hydrogen-bond acceptors (Lipinski definition) is 3. The number of carboxylic acids is 1. The van der Waals surface area contributed by atoms with Crippen molar-refractivity contribution in [1.82, 2.24) is 14.8 Å². The number of halogens is 2. The summed E-state index contributed by atoms with van der Waals surface area (Å²) in [6, 6.07) is 10.6. The fourth-order valence-corrected chi connectivity index (χ4v) is 4.97. The number of nitrogens with zero attached hydrogens (tertiary/aromatic N) is 3. The van der Waals surface area contributed by atoms with Gasteiger partial charge in [0, 0.05) is 10.6 Å². The number of rotatable bonds is 4. The predicted octanol–water partition coefficient (Wildman–Crippen LogP) is 6.54. The van der Waals surface area contributed by atoms with Crippen LogP contribution in [0.5, 0.6) is 0 Å². The first kappa shape index (κ1) is 20.6. The third-order valence-electron chi connectivity index (χ3n) is 6.14. The number of hydrogen-bond donors (Lipinski definition) is 1. The number of fused-ring (bicyclic) bond motifs is 1. The normalized spacial score (nSPS) is 14.3. The highest BCUT2D eigenvalue weighted by Crippen LogP contribution is 2.39. The van der Waals surface area contributed by atoms with Crippen molar-refractivity contribution in [2.75, 3.05) is 0 Å². The third-order valence-corrected chi connectivity index (χ3v) is 6.36. The fraction of sp³-hybridized carbons (Fsp3) is 0.240. The monoisotopic (exact) mass is 449 g/mol. The summed E-state index contributed by atoms with van der Waals surface area (Å²) < 4.78 is 16.7. The molecule has 0 amide bonds. The van der Waals surface area contributed by atoms with Crippen molar-refractivity contribution in [3.8, 4) is 16.8 Å². The highest BCUT2D eigenvalue weighted by atomic mass is 35.5. The Bertz CT molecular complexity index is 1340. The number of aromatic nitrogens is 3. The topological polar surface area (TPSA) is 68.0 Å². The second-order valence-electron chi connectivity index (χ2n) is 8.36. The van der Waals surface area contributed by atoms with E-state index in [4.69, 9.17) is 11.6 Å². The van der Waals surface area contributed by atoms with Gasteiger partial charge >= 0.3 is 5.97 Å². The Morgan fingerprint density at radius 2 is 1.97 bits per heavy atom. The standard InChI is InChI=1S/C25H21ClFN3O2/c1-14-8-17(26)11-18(9-14)30-13-22-24(29-30)23(21(27)12-28-22)16-6-7-19(25(31)32)20(10-16)15-4-2-3-5-15/h6-13,15H,2-5H2,1H3,(H,31,32). The second kappa shape index (κ2) is 8.02. The van der Waals surface area contributed by atoms with Crippen LogP contribution in [-0.4, -0.2) is 25.8 Å². The maximum atomic E-state index is 15.1. The van der Waals surface area contributed by atoms with Crippen LogP contribution in [0.2, 0.25) is 5.02 Å². The van der Waals surface area contributed by atoms with E-state index in [9.17, 15) is 9.90 Å². The largest absolute Gasteiger partial charge is 0.478 e. The summed E-state index contributed by atoms with van der Waals surface area (Å²) in [5, 5.41) is 14.9. The molecule has 1 N–H and O–H groups in total. The summed E-state index contributed by atoms with van der Waals surface area (Å²) in [6.07, 6.45) is 6.97. The van der Waals surface area contributed by atoms with Gasteiger partial charge in [-0.15, -0.1) is 0 Å². The molecule has 0 saturated heterocycles. The SMILES string of the molecule is Cc1cc(Cl)cc(-n2cc3ncc(F)c(-c4ccc(C(=O)O)c(C5CCCC5)c4)c3n2)c1. The minimum Gasteiger partial charge on any atom is -0.478 e. The quantitative estimate of drug-likeness (QED) is 0.384. The van der Waals surface area contributed by atoms with E-state index in [1.165, 1.54) is 6.20 Å². The van der Waals surface area contributed by atoms with Crippen molar-refractivity contribution in [1.29, 1.82) is 0 Å². The number of pyridine rings is 1. The molecule has 1 saturated carbocycles. The Balaban J connectivity index is 1.68. The minimum absolute atomic E-state index is 0.174. The molecule has 0 radical (unpaired) electrons. The molecule has 1 aliphatic carbocycles. The van der Waals surface area contributed by atoms with Crippen molar-refractivity contribution in [2.24, 2.45) is 0 Å². The summed E-state index contributed by atoms with van der Waals surface area (Å²) in [7, 11) is 0. The van der Waals surface area contributed by atoms with Crippen LogP contribution in [0.3, 0.4) is 0 Å². The van der Waals surface area contributed by atoms with Crippen LogP contribution in [-0.2, 0) is 0 Å². The molecule has 7 heteroatoms. The van der Waals surface area contributed by atoms with Crippen LogP contribution < -0.4 is 0 Å². The number of benzene rings is 2. The average Bonchev–Trinajstić information content (AvgIpc) is 3.42. The van der Waals surface area contributed by atoms with Gasteiger partial charge in [0.1, 0.15) is 11.0 Å². The molecule has 2 aromatic heterocycles. The van der Waals surface area contributed by atoms with Gasteiger partial charge in [0.05, 0.1) is 23.6 Å². The van der Waals surface area contributed by atoms with Gasteiger partial charge in [-0.2, -0.15) is 5.10 Å². The van der Waals surface area contributed by atoms with Crippen LogP contribution in [0.1, 0.15) is 53.1 Å². The Kier molecular flexibility index (Phi) is 5.18. The van der Waals surface area contributed by atoms with E-state index in [0.717, 1.165) is 42.5 Å². The van der Waals surface area contributed by atoms with Crippen molar-refractivity contribution in [2.45, 2.75) is 38.5 Å². The zero-order valence-corrected chi connectivity index (χ0v) is 18.2. The average molecular weight is 450 g/mol. The highest BCUT2D eigenvalue weighted by molar-refractivity contribution is 6.30. The van der Waals surface area contributed by atoms with Crippen molar-refractivity contribution >= 4 is 28.6 Å². The van der Waals surface area contributed by atoms with Gasteiger partial charge < -0.3 is 5.11 Å². The van der Waals surface area contributed by atoms with Crippen molar-refractivity contribution in [3.63, 3.8) is 0 Å². The lowest BCUT2D eigenvalue weighted by Crippen LogP contribution is -2.06. The Morgan fingerprint density at radius 3 is 2.69 bits per heavy atom. The zero-order valence-electron chi connectivity index (χ0n) is 17.5.